The zero-order chi connectivity index (χ0) is 16.5. The van der Waals surface area contributed by atoms with Crippen LogP contribution in [0, 0.1) is 0 Å². The summed E-state index contributed by atoms with van der Waals surface area (Å²) in [4.78, 5) is 13.0. The first-order chi connectivity index (χ1) is 11.7. The maximum atomic E-state index is 12.3. The molecule has 3 aromatic rings. The summed E-state index contributed by atoms with van der Waals surface area (Å²) >= 11 is 1.39. The number of nitrogens with zero attached hydrogens (tertiary/aromatic N) is 4. The zero-order valence-electron chi connectivity index (χ0n) is 12.8. The fourth-order valence-electron chi connectivity index (χ4n) is 2.48. The zero-order valence-corrected chi connectivity index (χ0v) is 13.7. The van der Waals surface area contributed by atoms with Crippen molar-refractivity contribution in [2.75, 3.05) is 5.32 Å². The van der Waals surface area contributed by atoms with Crippen molar-refractivity contribution >= 4 is 22.9 Å². The van der Waals surface area contributed by atoms with Gasteiger partial charge in [0.1, 0.15) is 0 Å². The minimum Gasteiger partial charge on any atom is -0.326 e. The summed E-state index contributed by atoms with van der Waals surface area (Å²) in [6, 6.07) is 9.78. The Morgan fingerprint density at radius 1 is 1.38 bits per heavy atom. The molecule has 1 aliphatic carbocycles. The van der Waals surface area contributed by atoms with Crippen molar-refractivity contribution in [3.63, 3.8) is 0 Å². The predicted octanol–water partition coefficient (Wildman–Crippen LogP) is 2.45. The second-order valence-corrected chi connectivity index (χ2v) is 6.65. The molecular formula is C16H16N6OS. The number of amides is 1. The van der Waals surface area contributed by atoms with Crippen molar-refractivity contribution in [3.8, 4) is 11.4 Å². The van der Waals surface area contributed by atoms with E-state index in [9.17, 15) is 4.79 Å². The van der Waals surface area contributed by atoms with E-state index in [1.165, 1.54) is 11.3 Å². The monoisotopic (exact) mass is 340 g/mol. The maximum absolute atomic E-state index is 12.3. The van der Waals surface area contributed by atoms with Gasteiger partial charge in [-0.3, -0.25) is 4.79 Å². The van der Waals surface area contributed by atoms with Crippen LogP contribution in [0.4, 0.5) is 5.69 Å². The number of aromatic nitrogens is 4. The highest BCUT2D eigenvalue weighted by Crippen LogP contribution is 2.36. The minimum atomic E-state index is -0.140. The predicted molar refractivity (Wildman–Crippen MR) is 91.7 cm³/mol. The first-order valence-corrected chi connectivity index (χ1v) is 8.59. The molecule has 7 nitrogen and oxygen atoms in total. The number of tetrazole rings is 1. The molecule has 24 heavy (non-hydrogen) atoms. The van der Waals surface area contributed by atoms with Gasteiger partial charge < -0.3 is 11.1 Å². The van der Waals surface area contributed by atoms with Crippen LogP contribution < -0.4 is 11.1 Å². The normalized spacial score (nSPS) is 13.9. The molecule has 1 fully saturated rings. The summed E-state index contributed by atoms with van der Waals surface area (Å²) in [6.45, 7) is 0.434. The van der Waals surface area contributed by atoms with Crippen molar-refractivity contribution in [2.45, 2.75) is 25.4 Å². The lowest BCUT2D eigenvalue weighted by molar-refractivity contribution is 0.103. The Kier molecular flexibility index (Phi) is 3.83. The van der Waals surface area contributed by atoms with Crippen LogP contribution in [-0.2, 0) is 6.54 Å². The van der Waals surface area contributed by atoms with Gasteiger partial charge in [-0.1, -0.05) is 12.1 Å². The molecule has 0 aliphatic heterocycles. The summed E-state index contributed by atoms with van der Waals surface area (Å²) in [5.41, 5.74) is 8.15. The number of carbonyl (C=O) groups excluding carboxylic acids is 1. The summed E-state index contributed by atoms with van der Waals surface area (Å²) in [5.74, 6) is 0.591. The second-order valence-electron chi connectivity index (χ2n) is 5.74. The summed E-state index contributed by atoms with van der Waals surface area (Å²) in [6.07, 6.45) is 2.21. The quantitative estimate of drug-likeness (QED) is 0.743. The van der Waals surface area contributed by atoms with Crippen molar-refractivity contribution in [1.29, 1.82) is 0 Å². The summed E-state index contributed by atoms with van der Waals surface area (Å²) in [5, 5.41) is 16.8. The van der Waals surface area contributed by atoms with Crippen LogP contribution >= 0.6 is 11.3 Å². The maximum Gasteiger partial charge on any atom is 0.265 e. The number of rotatable bonds is 5. The smallest absolute Gasteiger partial charge is 0.265 e. The molecule has 1 aromatic carbocycles. The van der Waals surface area contributed by atoms with E-state index in [1.807, 2.05) is 40.4 Å². The Balaban J connectivity index is 1.56. The molecule has 0 spiro atoms. The van der Waals surface area contributed by atoms with E-state index in [0.717, 1.165) is 29.8 Å². The van der Waals surface area contributed by atoms with Gasteiger partial charge in [0.05, 0.1) is 10.9 Å². The molecule has 122 valence electrons. The topological polar surface area (TPSA) is 98.7 Å². The molecule has 2 heterocycles. The third kappa shape index (κ3) is 2.93. The largest absolute Gasteiger partial charge is 0.326 e. The van der Waals surface area contributed by atoms with Gasteiger partial charge in [-0.2, -0.15) is 0 Å². The van der Waals surface area contributed by atoms with Crippen LogP contribution in [0.25, 0.3) is 11.4 Å². The van der Waals surface area contributed by atoms with Crippen LogP contribution in [0.5, 0.6) is 0 Å². The van der Waals surface area contributed by atoms with Crippen LogP contribution in [0.15, 0.2) is 35.7 Å². The highest BCUT2D eigenvalue weighted by molar-refractivity contribution is 7.12. The Morgan fingerprint density at radius 3 is 3.00 bits per heavy atom. The number of hydrogen-bond acceptors (Lipinski definition) is 6. The van der Waals surface area contributed by atoms with Crippen LogP contribution in [0.1, 0.15) is 34.1 Å². The number of carbonyl (C=O) groups is 1. The van der Waals surface area contributed by atoms with Gasteiger partial charge in [0, 0.05) is 17.8 Å². The van der Waals surface area contributed by atoms with Gasteiger partial charge in [-0.25, -0.2) is 4.68 Å². The molecule has 4 rings (SSSR count). The van der Waals surface area contributed by atoms with E-state index < -0.39 is 0 Å². The SMILES string of the molecule is NCc1csc(C(=O)Nc2cccc(-c3nnnn3C3CC3)c2)c1. The second kappa shape index (κ2) is 6.14. The van der Waals surface area contributed by atoms with Crippen molar-refractivity contribution < 1.29 is 4.79 Å². The average molecular weight is 340 g/mol. The van der Waals surface area contributed by atoms with Gasteiger partial charge in [-0.15, -0.1) is 16.4 Å². The summed E-state index contributed by atoms with van der Waals surface area (Å²) in [7, 11) is 0. The van der Waals surface area contributed by atoms with E-state index in [4.69, 9.17) is 5.73 Å². The van der Waals surface area contributed by atoms with Crippen LogP contribution in [-0.4, -0.2) is 26.1 Å². The van der Waals surface area contributed by atoms with Gasteiger partial charge in [0.25, 0.3) is 5.91 Å². The molecule has 0 saturated heterocycles. The van der Waals surface area contributed by atoms with Gasteiger partial charge >= 0.3 is 0 Å². The van der Waals surface area contributed by atoms with Gasteiger partial charge in [-0.05, 0) is 52.4 Å². The number of hydrogen-bond donors (Lipinski definition) is 2. The number of anilines is 1. The molecule has 2 aromatic heterocycles. The van der Waals surface area contributed by atoms with Crippen molar-refractivity contribution in [2.24, 2.45) is 5.73 Å². The number of thiophene rings is 1. The lowest BCUT2D eigenvalue weighted by Crippen LogP contribution is -2.10. The molecule has 0 bridgehead atoms. The fourth-order valence-corrected chi connectivity index (χ4v) is 3.30. The Bertz CT molecular complexity index is 882. The first-order valence-electron chi connectivity index (χ1n) is 7.72. The highest BCUT2D eigenvalue weighted by Gasteiger charge is 2.28. The van der Waals surface area contributed by atoms with E-state index in [-0.39, 0.29) is 5.91 Å². The third-order valence-corrected chi connectivity index (χ3v) is 4.86. The number of nitrogens with one attached hydrogen (secondary N) is 1. The van der Waals surface area contributed by atoms with Crippen molar-refractivity contribution in [3.05, 3.63) is 46.2 Å². The first kappa shape index (κ1) is 15.0. The lowest BCUT2D eigenvalue weighted by atomic mass is 10.2. The molecule has 1 aliphatic rings. The van der Waals surface area contributed by atoms with E-state index >= 15 is 0 Å². The van der Waals surface area contributed by atoms with E-state index in [1.54, 1.807) is 0 Å². The molecule has 1 saturated carbocycles. The third-order valence-electron chi connectivity index (χ3n) is 3.88. The van der Waals surface area contributed by atoms with Gasteiger partial charge in [0.2, 0.25) is 0 Å². The molecule has 8 heteroatoms. The number of nitrogens with two attached hydrogens (primary N) is 1. The average Bonchev–Trinajstić information content (AvgIpc) is 3.14. The Labute approximate surface area is 142 Å². The Morgan fingerprint density at radius 2 is 2.25 bits per heavy atom. The molecule has 0 radical (unpaired) electrons. The Hall–Kier alpha value is -2.58. The highest BCUT2D eigenvalue weighted by atomic mass is 32.1. The summed E-state index contributed by atoms with van der Waals surface area (Å²) < 4.78 is 1.85. The molecule has 3 N–H and O–H groups in total. The van der Waals surface area contributed by atoms with E-state index in [0.29, 0.717) is 23.2 Å². The van der Waals surface area contributed by atoms with Gasteiger partial charge in [0.15, 0.2) is 5.82 Å². The molecule has 0 unspecified atom stereocenters. The minimum absolute atomic E-state index is 0.140. The molecule has 1 amide bonds. The number of benzene rings is 1. The van der Waals surface area contributed by atoms with Crippen LogP contribution in [0.2, 0.25) is 0 Å². The molecule has 0 atom stereocenters. The lowest BCUT2D eigenvalue weighted by Gasteiger charge is -2.07. The van der Waals surface area contributed by atoms with Crippen LogP contribution in [0.3, 0.4) is 0 Å². The van der Waals surface area contributed by atoms with E-state index in [2.05, 4.69) is 20.8 Å². The fraction of sp³-hybridized carbons (Fsp3) is 0.250. The molecular weight excluding hydrogens is 324 g/mol. The van der Waals surface area contributed by atoms with Crippen molar-refractivity contribution in [1.82, 2.24) is 20.2 Å². The standard InChI is InChI=1S/C16H16N6OS/c17-8-10-6-14(24-9-10)16(23)18-12-3-1-2-11(7-12)15-19-20-21-22(15)13-4-5-13/h1-3,6-7,9,13H,4-5,8,17H2,(H,18,23).